The molecule has 3 N–H and O–H groups in total. The molecule has 0 saturated heterocycles. The van der Waals surface area contributed by atoms with Crippen LogP contribution in [0.1, 0.15) is 24.0 Å². The summed E-state index contributed by atoms with van der Waals surface area (Å²) in [5.41, 5.74) is 2.03. The van der Waals surface area contributed by atoms with E-state index >= 15 is 0 Å². The number of nitrogens with zero attached hydrogens (tertiary/aromatic N) is 1. The SMILES string of the molecule is CN=C(NCCCCc1ccc(OC)cc1)NCc1ccc(O)c(F)c1.I. The minimum absolute atomic E-state index is 0. The Morgan fingerprint density at radius 1 is 1.07 bits per heavy atom. The molecule has 7 heteroatoms. The van der Waals surface area contributed by atoms with E-state index in [9.17, 15) is 9.50 Å². The molecule has 0 aliphatic carbocycles. The molecule has 2 aromatic carbocycles. The van der Waals surface area contributed by atoms with Gasteiger partial charge in [0.1, 0.15) is 5.75 Å². The molecular formula is C20H27FIN3O2. The lowest BCUT2D eigenvalue weighted by molar-refractivity contribution is 0.414. The largest absolute Gasteiger partial charge is 0.505 e. The summed E-state index contributed by atoms with van der Waals surface area (Å²) < 4.78 is 18.5. The fraction of sp³-hybridized carbons (Fsp3) is 0.350. The maximum Gasteiger partial charge on any atom is 0.191 e. The highest BCUT2D eigenvalue weighted by Crippen LogP contribution is 2.16. The summed E-state index contributed by atoms with van der Waals surface area (Å²) in [6, 6.07) is 12.5. The standard InChI is InChI=1S/C20H26FN3O2.HI/c1-22-20(24-14-16-8-11-19(25)18(21)13-16)23-12-4-3-5-15-6-9-17(26-2)10-7-15;/h6-11,13,25H,3-5,12,14H2,1-2H3,(H2,22,23,24);1H. The first-order valence-corrected chi connectivity index (χ1v) is 8.67. The lowest BCUT2D eigenvalue weighted by Crippen LogP contribution is -2.37. The predicted octanol–water partition coefficient (Wildman–Crippen LogP) is 3.85. The molecule has 27 heavy (non-hydrogen) atoms. The zero-order chi connectivity index (χ0) is 18.8. The highest BCUT2D eigenvalue weighted by atomic mass is 127. The van der Waals surface area contributed by atoms with E-state index in [0.29, 0.717) is 12.5 Å². The van der Waals surface area contributed by atoms with Crippen molar-refractivity contribution in [1.82, 2.24) is 10.6 Å². The Morgan fingerprint density at radius 3 is 2.41 bits per heavy atom. The number of halogens is 2. The van der Waals surface area contributed by atoms with Gasteiger partial charge in [-0.25, -0.2) is 4.39 Å². The summed E-state index contributed by atoms with van der Waals surface area (Å²) in [4.78, 5) is 4.16. The molecule has 5 nitrogen and oxygen atoms in total. The number of ether oxygens (including phenoxy) is 1. The third kappa shape index (κ3) is 8.03. The summed E-state index contributed by atoms with van der Waals surface area (Å²) >= 11 is 0. The van der Waals surface area contributed by atoms with Crippen LogP contribution in [0, 0.1) is 5.82 Å². The van der Waals surface area contributed by atoms with Crippen molar-refractivity contribution < 1.29 is 14.2 Å². The molecule has 0 unspecified atom stereocenters. The second kappa shape index (κ2) is 12.4. The van der Waals surface area contributed by atoms with Crippen molar-refractivity contribution in [3.05, 3.63) is 59.4 Å². The van der Waals surface area contributed by atoms with Gasteiger partial charge in [0, 0.05) is 20.1 Å². The van der Waals surface area contributed by atoms with Crippen molar-refractivity contribution in [2.75, 3.05) is 20.7 Å². The van der Waals surface area contributed by atoms with Gasteiger partial charge >= 0.3 is 0 Å². The summed E-state index contributed by atoms with van der Waals surface area (Å²) in [7, 11) is 3.36. The van der Waals surface area contributed by atoms with Crippen molar-refractivity contribution in [1.29, 1.82) is 0 Å². The van der Waals surface area contributed by atoms with Crippen LogP contribution in [-0.2, 0) is 13.0 Å². The predicted molar refractivity (Wildman–Crippen MR) is 118 cm³/mol. The maximum absolute atomic E-state index is 13.3. The normalized spacial score (nSPS) is 10.9. The molecule has 0 amide bonds. The van der Waals surface area contributed by atoms with Crippen molar-refractivity contribution in [2.24, 2.45) is 4.99 Å². The highest BCUT2D eigenvalue weighted by Gasteiger charge is 2.03. The smallest absolute Gasteiger partial charge is 0.191 e. The summed E-state index contributed by atoms with van der Waals surface area (Å²) in [5.74, 6) is 0.584. The Kier molecular flexibility index (Phi) is 10.5. The first-order valence-electron chi connectivity index (χ1n) is 8.67. The molecule has 2 aromatic rings. The van der Waals surface area contributed by atoms with Crippen molar-refractivity contribution in [2.45, 2.75) is 25.8 Å². The topological polar surface area (TPSA) is 65.9 Å². The van der Waals surface area contributed by atoms with Gasteiger partial charge in [0.25, 0.3) is 0 Å². The van der Waals surface area contributed by atoms with Crippen LogP contribution in [0.5, 0.6) is 11.5 Å². The Bertz CT molecular complexity index is 724. The molecule has 0 spiro atoms. The molecule has 2 rings (SSSR count). The quantitative estimate of drug-likeness (QED) is 0.229. The molecule has 0 aromatic heterocycles. The van der Waals surface area contributed by atoms with E-state index in [1.807, 2.05) is 12.1 Å². The van der Waals surface area contributed by atoms with E-state index in [-0.39, 0.29) is 29.7 Å². The van der Waals surface area contributed by atoms with E-state index in [4.69, 9.17) is 4.74 Å². The van der Waals surface area contributed by atoms with Crippen LogP contribution in [0.15, 0.2) is 47.5 Å². The zero-order valence-corrected chi connectivity index (χ0v) is 18.0. The Balaban J connectivity index is 0.00000364. The van der Waals surface area contributed by atoms with Gasteiger partial charge in [-0.2, -0.15) is 0 Å². The van der Waals surface area contributed by atoms with Gasteiger partial charge in [-0.15, -0.1) is 24.0 Å². The number of nitrogens with one attached hydrogen (secondary N) is 2. The Hall–Kier alpha value is -2.03. The zero-order valence-electron chi connectivity index (χ0n) is 15.7. The first kappa shape index (κ1) is 23.0. The molecule has 0 bridgehead atoms. The van der Waals surface area contributed by atoms with Gasteiger partial charge in [-0.3, -0.25) is 4.99 Å². The van der Waals surface area contributed by atoms with E-state index < -0.39 is 5.82 Å². The van der Waals surface area contributed by atoms with Gasteiger partial charge < -0.3 is 20.5 Å². The first-order chi connectivity index (χ1) is 12.6. The Labute approximate surface area is 177 Å². The van der Waals surface area contributed by atoms with Gasteiger partial charge in [-0.1, -0.05) is 18.2 Å². The average molecular weight is 487 g/mol. The number of aryl methyl sites for hydroxylation is 1. The third-order valence-corrected chi connectivity index (χ3v) is 4.04. The molecular weight excluding hydrogens is 460 g/mol. The second-order valence-corrected chi connectivity index (χ2v) is 5.94. The number of unbranched alkanes of at least 4 members (excludes halogenated alkanes) is 1. The van der Waals surface area contributed by atoms with E-state index in [0.717, 1.165) is 37.1 Å². The number of phenolic OH excluding ortho intramolecular Hbond substituents is 1. The van der Waals surface area contributed by atoms with Crippen LogP contribution in [-0.4, -0.2) is 31.8 Å². The summed E-state index contributed by atoms with van der Waals surface area (Å²) in [6.07, 6.45) is 3.10. The molecule has 0 fully saturated rings. The number of benzene rings is 2. The van der Waals surface area contributed by atoms with Crippen LogP contribution in [0.25, 0.3) is 0 Å². The second-order valence-electron chi connectivity index (χ2n) is 5.94. The minimum Gasteiger partial charge on any atom is -0.505 e. The average Bonchev–Trinajstić information content (AvgIpc) is 2.67. The number of aliphatic imine (C=N–C) groups is 1. The number of guanidine groups is 1. The number of hydrogen-bond acceptors (Lipinski definition) is 3. The van der Waals surface area contributed by atoms with Crippen LogP contribution >= 0.6 is 24.0 Å². The fourth-order valence-corrected chi connectivity index (χ4v) is 2.52. The van der Waals surface area contributed by atoms with E-state index in [1.54, 1.807) is 20.2 Å². The monoisotopic (exact) mass is 487 g/mol. The number of rotatable bonds is 8. The number of hydrogen-bond donors (Lipinski definition) is 3. The fourth-order valence-electron chi connectivity index (χ4n) is 2.52. The number of methoxy groups -OCH3 is 1. The lowest BCUT2D eigenvalue weighted by Gasteiger charge is -2.12. The maximum atomic E-state index is 13.3. The summed E-state index contributed by atoms with van der Waals surface area (Å²) in [5, 5.41) is 15.6. The van der Waals surface area contributed by atoms with E-state index in [2.05, 4.69) is 27.8 Å². The number of phenols is 1. The van der Waals surface area contributed by atoms with Crippen LogP contribution < -0.4 is 15.4 Å². The van der Waals surface area contributed by atoms with Crippen LogP contribution in [0.4, 0.5) is 4.39 Å². The van der Waals surface area contributed by atoms with Crippen molar-refractivity contribution >= 4 is 29.9 Å². The van der Waals surface area contributed by atoms with Gasteiger partial charge in [-0.05, 0) is 54.7 Å². The van der Waals surface area contributed by atoms with Crippen LogP contribution in [0.3, 0.4) is 0 Å². The lowest BCUT2D eigenvalue weighted by atomic mass is 10.1. The molecule has 0 atom stereocenters. The third-order valence-electron chi connectivity index (χ3n) is 4.04. The molecule has 0 saturated carbocycles. The van der Waals surface area contributed by atoms with Crippen molar-refractivity contribution in [3.63, 3.8) is 0 Å². The molecule has 0 aliphatic rings. The number of aromatic hydroxyl groups is 1. The Morgan fingerprint density at radius 2 is 1.78 bits per heavy atom. The van der Waals surface area contributed by atoms with Gasteiger partial charge in [0.2, 0.25) is 0 Å². The van der Waals surface area contributed by atoms with Gasteiger partial charge in [0.15, 0.2) is 17.5 Å². The highest BCUT2D eigenvalue weighted by molar-refractivity contribution is 14.0. The molecule has 148 valence electrons. The minimum atomic E-state index is -0.620. The molecule has 0 aliphatic heterocycles. The van der Waals surface area contributed by atoms with Gasteiger partial charge in [0.05, 0.1) is 7.11 Å². The summed E-state index contributed by atoms with van der Waals surface area (Å²) in [6.45, 7) is 1.24. The van der Waals surface area contributed by atoms with E-state index in [1.165, 1.54) is 17.7 Å². The van der Waals surface area contributed by atoms with Crippen molar-refractivity contribution in [3.8, 4) is 11.5 Å². The molecule has 0 radical (unpaired) electrons. The van der Waals surface area contributed by atoms with Crippen LogP contribution in [0.2, 0.25) is 0 Å². The molecule has 0 heterocycles.